The second kappa shape index (κ2) is 7.35. The Balaban J connectivity index is 1.60. The van der Waals surface area contributed by atoms with Crippen LogP contribution in [0.4, 0.5) is 0 Å². The lowest BCUT2D eigenvalue weighted by atomic mass is 10.0. The summed E-state index contributed by atoms with van der Waals surface area (Å²) in [6.07, 6.45) is 3.96. The Morgan fingerprint density at radius 1 is 1.30 bits per heavy atom. The third-order valence-corrected chi connectivity index (χ3v) is 5.87. The van der Waals surface area contributed by atoms with E-state index in [-0.39, 0.29) is 17.9 Å². The number of likely N-dealkylation sites (tertiary alicyclic amines) is 1. The molecule has 1 fully saturated rings. The number of nitrogens with one attached hydrogen (secondary N) is 1. The van der Waals surface area contributed by atoms with Crippen molar-refractivity contribution in [2.75, 3.05) is 26.7 Å². The van der Waals surface area contributed by atoms with E-state index < -0.39 is 0 Å². The molecule has 1 saturated heterocycles. The minimum absolute atomic E-state index is 0.0299. The Morgan fingerprint density at radius 2 is 2.15 bits per heavy atom. The predicted octanol–water partition coefficient (Wildman–Crippen LogP) is 2.71. The van der Waals surface area contributed by atoms with Crippen LogP contribution in [0, 0.1) is 0 Å². The second-order valence-corrected chi connectivity index (χ2v) is 7.54. The van der Waals surface area contributed by atoms with Crippen LogP contribution < -0.4 is 0 Å². The molecule has 2 aromatic rings. The molecule has 0 radical (unpaired) electrons. The number of H-pyrrole nitrogens is 1. The lowest BCUT2D eigenvalue weighted by Gasteiger charge is -2.32. The predicted molar refractivity (Wildman–Crippen MR) is 104 cm³/mol. The fourth-order valence-corrected chi connectivity index (χ4v) is 4.52. The standard InChI is InChI=1S/C21H27N3O3/c1-3-9-23-10-4-5-19(23)20(25)24-11-8-18-16(13-24)15-12-14(21(26)27-2)6-7-17(15)22-18/h6-7,12,19,22H,3-5,8-11,13H2,1-2H3. The average molecular weight is 369 g/mol. The Morgan fingerprint density at radius 3 is 2.93 bits per heavy atom. The van der Waals surface area contributed by atoms with E-state index in [1.165, 1.54) is 12.8 Å². The number of nitrogens with zero attached hydrogens (tertiary/aromatic N) is 2. The van der Waals surface area contributed by atoms with Crippen molar-refractivity contribution in [3.8, 4) is 0 Å². The summed E-state index contributed by atoms with van der Waals surface area (Å²) in [6.45, 7) is 5.54. The highest BCUT2D eigenvalue weighted by atomic mass is 16.5. The van der Waals surface area contributed by atoms with E-state index >= 15 is 0 Å². The quantitative estimate of drug-likeness (QED) is 0.842. The lowest BCUT2D eigenvalue weighted by Crippen LogP contribution is -2.47. The molecule has 0 bridgehead atoms. The fraction of sp³-hybridized carbons (Fsp3) is 0.524. The van der Waals surface area contributed by atoms with Gasteiger partial charge in [-0.2, -0.15) is 0 Å². The van der Waals surface area contributed by atoms with Gasteiger partial charge >= 0.3 is 5.97 Å². The zero-order chi connectivity index (χ0) is 19.0. The molecule has 0 saturated carbocycles. The first-order valence-corrected chi connectivity index (χ1v) is 9.87. The van der Waals surface area contributed by atoms with Gasteiger partial charge in [0.25, 0.3) is 0 Å². The van der Waals surface area contributed by atoms with E-state index in [9.17, 15) is 9.59 Å². The van der Waals surface area contributed by atoms with Gasteiger partial charge in [-0.1, -0.05) is 6.92 Å². The summed E-state index contributed by atoms with van der Waals surface area (Å²) in [5, 5.41) is 1.02. The molecule has 0 aliphatic carbocycles. The van der Waals surface area contributed by atoms with Gasteiger partial charge in [-0.05, 0) is 50.6 Å². The van der Waals surface area contributed by atoms with Gasteiger partial charge in [0, 0.05) is 41.7 Å². The van der Waals surface area contributed by atoms with Crippen molar-refractivity contribution in [3.63, 3.8) is 0 Å². The van der Waals surface area contributed by atoms with Crippen molar-refractivity contribution in [1.29, 1.82) is 0 Å². The highest BCUT2D eigenvalue weighted by Gasteiger charge is 2.35. The molecule has 27 heavy (non-hydrogen) atoms. The van der Waals surface area contributed by atoms with Gasteiger partial charge in [-0.15, -0.1) is 0 Å². The van der Waals surface area contributed by atoms with Crippen LogP contribution in [0.5, 0.6) is 0 Å². The minimum atomic E-state index is -0.336. The zero-order valence-electron chi connectivity index (χ0n) is 16.1. The summed E-state index contributed by atoms with van der Waals surface area (Å²) >= 11 is 0. The number of carbonyl (C=O) groups is 2. The summed E-state index contributed by atoms with van der Waals surface area (Å²) in [6, 6.07) is 5.61. The van der Waals surface area contributed by atoms with Gasteiger partial charge in [0.1, 0.15) is 0 Å². The van der Waals surface area contributed by atoms with Crippen LogP contribution in [0.3, 0.4) is 0 Å². The molecule has 2 aliphatic rings. The first kappa shape index (κ1) is 18.0. The van der Waals surface area contributed by atoms with Crippen molar-refractivity contribution in [2.24, 2.45) is 0 Å². The van der Waals surface area contributed by atoms with Crippen molar-refractivity contribution >= 4 is 22.8 Å². The molecule has 0 spiro atoms. The highest BCUT2D eigenvalue weighted by molar-refractivity contribution is 5.96. The first-order chi connectivity index (χ1) is 13.1. The lowest BCUT2D eigenvalue weighted by molar-refractivity contribution is -0.136. The first-order valence-electron chi connectivity index (χ1n) is 9.87. The van der Waals surface area contributed by atoms with Crippen molar-refractivity contribution in [3.05, 3.63) is 35.0 Å². The SMILES string of the molecule is CCCN1CCCC1C(=O)N1CCc2[nH]c3ccc(C(=O)OC)cc3c2C1. The Hall–Kier alpha value is -2.34. The average Bonchev–Trinajstić information content (AvgIpc) is 3.30. The Labute approximate surface area is 159 Å². The van der Waals surface area contributed by atoms with Crippen LogP contribution in [-0.2, 0) is 22.5 Å². The van der Waals surface area contributed by atoms with Crippen LogP contribution in [0.25, 0.3) is 10.9 Å². The Bertz CT molecular complexity index is 873. The number of methoxy groups -OCH3 is 1. The van der Waals surface area contributed by atoms with E-state index in [4.69, 9.17) is 4.74 Å². The summed E-state index contributed by atoms with van der Waals surface area (Å²) in [5.41, 5.74) is 3.86. The summed E-state index contributed by atoms with van der Waals surface area (Å²) in [5.74, 6) is -0.0816. The van der Waals surface area contributed by atoms with E-state index in [1.54, 1.807) is 6.07 Å². The van der Waals surface area contributed by atoms with Crippen molar-refractivity contribution < 1.29 is 14.3 Å². The number of esters is 1. The van der Waals surface area contributed by atoms with Crippen LogP contribution in [0.15, 0.2) is 18.2 Å². The maximum atomic E-state index is 13.2. The number of aromatic amines is 1. The monoisotopic (exact) mass is 369 g/mol. The molecule has 1 unspecified atom stereocenters. The number of hydrogen-bond donors (Lipinski definition) is 1. The molecular weight excluding hydrogens is 342 g/mol. The van der Waals surface area contributed by atoms with Crippen molar-refractivity contribution in [2.45, 2.75) is 45.2 Å². The number of fused-ring (bicyclic) bond motifs is 3. The molecule has 6 heteroatoms. The minimum Gasteiger partial charge on any atom is -0.465 e. The van der Waals surface area contributed by atoms with E-state index in [0.29, 0.717) is 12.1 Å². The summed E-state index contributed by atoms with van der Waals surface area (Å²) in [4.78, 5) is 32.9. The summed E-state index contributed by atoms with van der Waals surface area (Å²) in [7, 11) is 1.39. The number of hydrogen-bond acceptors (Lipinski definition) is 4. The smallest absolute Gasteiger partial charge is 0.337 e. The third kappa shape index (κ3) is 3.23. The number of ether oxygens (including phenoxy) is 1. The molecule has 3 heterocycles. The van der Waals surface area contributed by atoms with Crippen LogP contribution in [-0.4, -0.2) is 59.4 Å². The number of carbonyl (C=O) groups excluding carboxylic acids is 2. The molecule has 4 rings (SSSR count). The largest absolute Gasteiger partial charge is 0.465 e. The summed E-state index contributed by atoms with van der Waals surface area (Å²) < 4.78 is 4.85. The molecule has 1 aromatic carbocycles. The maximum Gasteiger partial charge on any atom is 0.337 e. The topological polar surface area (TPSA) is 65.6 Å². The van der Waals surface area contributed by atoms with Gasteiger partial charge in [-0.3, -0.25) is 9.69 Å². The number of benzene rings is 1. The van der Waals surface area contributed by atoms with Crippen LogP contribution in [0.1, 0.15) is 47.8 Å². The van der Waals surface area contributed by atoms with Gasteiger partial charge in [0.15, 0.2) is 0 Å². The number of amides is 1. The molecule has 144 valence electrons. The second-order valence-electron chi connectivity index (χ2n) is 7.54. The van der Waals surface area contributed by atoms with E-state index in [0.717, 1.165) is 61.8 Å². The van der Waals surface area contributed by atoms with E-state index in [1.807, 2.05) is 17.0 Å². The normalized spacial score (nSPS) is 20.1. The van der Waals surface area contributed by atoms with E-state index in [2.05, 4.69) is 16.8 Å². The van der Waals surface area contributed by atoms with Gasteiger partial charge in [-0.25, -0.2) is 4.79 Å². The van der Waals surface area contributed by atoms with Gasteiger partial charge in [0.05, 0.1) is 18.7 Å². The van der Waals surface area contributed by atoms with Crippen molar-refractivity contribution in [1.82, 2.24) is 14.8 Å². The molecule has 1 aromatic heterocycles. The van der Waals surface area contributed by atoms with Gasteiger partial charge < -0.3 is 14.6 Å². The Kier molecular flexibility index (Phi) is 4.91. The van der Waals surface area contributed by atoms with Crippen LogP contribution in [0.2, 0.25) is 0 Å². The van der Waals surface area contributed by atoms with Crippen LogP contribution >= 0.6 is 0 Å². The number of rotatable bonds is 4. The van der Waals surface area contributed by atoms with Gasteiger partial charge in [0.2, 0.25) is 5.91 Å². The molecule has 1 N–H and O–H groups in total. The number of aromatic nitrogens is 1. The fourth-order valence-electron chi connectivity index (χ4n) is 4.52. The third-order valence-electron chi connectivity index (χ3n) is 5.87. The molecule has 1 amide bonds. The highest BCUT2D eigenvalue weighted by Crippen LogP contribution is 2.30. The molecular formula is C21H27N3O3. The molecule has 1 atom stereocenters. The maximum absolute atomic E-state index is 13.2. The molecule has 2 aliphatic heterocycles. The molecule has 6 nitrogen and oxygen atoms in total. The zero-order valence-corrected chi connectivity index (χ0v) is 16.1.